The van der Waals surface area contributed by atoms with Crippen molar-refractivity contribution < 1.29 is 19.1 Å². The second-order valence-corrected chi connectivity index (χ2v) is 8.41. The van der Waals surface area contributed by atoms with Crippen LogP contribution in [0, 0.1) is 7.14 Å². The van der Waals surface area contributed by atoms with E-state index in [0.717, 1.165) is 30.2 Å². The lowest BCUT2D eigenvalue weighted by Crippen LogP contribution is -2.29. The average molecular weight is 585 g/mol. The van der Waals surface area contributed by atoms with Gasteiger partial charge in [0.15, 0.2) is 0 Å². The lowest BCUT2D eigenvalue weighted by Gasteiger charge is -2.11. The van der Waals surface area contributed by atoms with Gasteiger partial charge < -0.3 is 9.47 Å². The first-order valence-corrected chi connectivity index (χ1v) is 10.4. The molecule has 0 bridgehead atoms. The van der Waals surface area contributed by atoms with Crippen LogP contribution in [0.25, 0.3) is 6.08 Å². The minimum absolute atomic E-state index is 0.234. The molecule has 0 saturated carbocycles. The molecule has 25 heavy (non-hydrogen) atoms. The Morgan fingerprint density at radius 2 is 1.96 bits per heavy atom. The predicted octanol–water partition coefficient (Wildman–Crippen LogP) is 4.53. The average Bonchev–Trinajstić information content (AvgIpc) is 2.82. The first-order chi connectivity index (χ1) is 12.0. The van der Waals surface area contributed by atoms with Crippen molar-refractivity contribution >= 4 is 74.2 Å². The first kappa shape index (κ1) is 20.7. The van der Waals surface area contributed by atoms with E-state index in [4.69, 9.17) is 9.47 Å². The van der Waals surface area contributed by atoms with E-state index in [0.29, 0.717) is 31.1 Å². The van der Waals surface area contributed by atoms with E-state index in [1.165, 1.54) is 4.90 Å². The maximum Gasteiger partial charge on any atom is 0.293 e. The minimum Gasteiger partial charge on any atom is -0.487 e. The third-order valence-corrected chi connectivity index (χ3v) is 5.78. The summed E-state index contributed by atoms with van der Waals surface area (Å²) >= 11 is 5.37. The number of halogens is 2. The number of hydrogen-bond donors (Lipinski definition) is 0. The molecule has 8 heteroatoms. The fourth-order valence-corrected chi connectivity index (χ4v) is 5.15. The standard InChI is InChI=1S/C17H17I2NO4S/c1-3-6-24-15-12(18)8-11(9-13(15)19)10-14-16(21)20(17(22)25-14)5-4-7-23-2/h3,8-10H,1,4-7H2,2H3/b14-10+. The molecule has 2 rings (SSSR count). The molecule has 2 amide bonds. The Hall–Kier alpha value is -0.590. The summed E-state index contributed by atoms with van der Waals surface area (Å²) in [7, 11) is 1.60. The number of amides is 2. The van der Waals surface area contributed by atoms with E-state index in [1.807, 2.05) is 12.1 Å². The molecule has 1 aromatic carbocycles. The fraction of sp³-hybridized carbons (Fsp3) is 0.294. The van der Waals surface area contributed by atoms with Gasteiger partial charge in [-0.15, -0.1) is 0 Å². The smallest absolute Gasteiger partial charge is 0.293 e. The number of hydrogen-bond acceptors (Lipinski definition) is 5. The molecule has 0 unspecified atom stereocenters. The highest BCUT2D eigenvalue weighted by molar-refractivity contribution is 14.1. The lowest BCUT2D eigenvalue weighted by atomic mass is 10.2. The van der Waals surface area contributed by atoms with Gasteiger partial charge in [-0.05, 0) is 87.1 Å². The Kier molecular flexibility index (Phi) is 8.23. The highest BCUT2D eigenvalue weighted by Gasteiger charge is 2.34. The molecule has 5 nitrogen and oxygen atoms in total. The van der Waals surface area contributed by atoms with Gasteiger partial charge in [-0.25, -0.2) is 0 Å². The zero-order valence-corrected chi connectivity index (χ0v) is 18.7. The van der Waals surface area contributed by atoms with Gasteiger partial charge in [-0.3, -0.25) is 14.5 Å². The van der Waals surface area contributed by atoms with Crippen molar-refractivity contribution in [3.8, 4) is 5.75 Å². The van der Waals surface area contributed by atoms with E-state index in [2.05, 4.69) is 51.8 Å². The Labute approximate surface area is 178 Å². The van der Waals surface area contributed by atoms with Crippen LogP contribution in [0.2, 0.25) is 0 Å². The van der Waals surface area contributed by atoms with Gasteiger partial charge in [0.2, 0.25) is 0 Å². The van der Waals surface area contributed by atoms with Gasteiger partial charge >= 0.3 is 0 Å². The van der Waals surface area contributed by atoms with Gasteiger partial charge in [0.25, 0.3) is 11.1 Å². The summed E-state index contributed by atoms with van der Waals surface area (Å²) in [6.07, 6.45) is 4.08. The summed E-state index contributed by atoms with van der Waals surface area (Å²) in [6.45, 7) is 4.97. The zero-order valence-electron chi connectivity index (χ0n) is 13.6. The van der Waals surface area contributed by atoms with E-state index in [-0.39, 0.29) is 11.1 Å². The summed E-state index contributed by atoms with van der Waals surface area (Å²) in [6, 6.07) is 3.86. The van der Waals surface area contributed by atoms with E-state index >= 15 is 0 Å². The molecule has 0 radical (unpaired) electrons. The van der Waals surface area contributed by atoms with Gasteiger partial charge in [0.05, 0.1) is 12.0 Å². The van der Waals surface area contributed by atoms with Crippen LogP contribution in [-0.2, 0) is 9.53 Å². The first-order valence-electron chi connectivity index (χ1n) is 7.45. The van der Waals surface area contributed by atoms with Crippen molar-refractivity contribution in [2.45, 2.75) is 6.42 Å². The molecule has 1 fully saturated rings. The van der Waals surface area contributed by atoms with E-state index in [9.17, 15) is 9.59 Å². The normalized spacial score (nSPS) is 16.0. The monoisotopic (exact) mass is 585 g/mol. The summed E-state index contributed by atoms with van der Waals surface area (Å²) in [4.78, 5) is 26.2. The van der Waals surface area contributed by atoms with Gasteiger partial charge in [-0.2, -0.15) is 0 Å². The van der Waals surface area contributed by atoms with Crippen molar-refractivity contribution in [2.24, 2.45) is 0 Å². The predicted molar refractivity (Wildman–Crippen MR) is 117 cm³/mol. The third kappa shape index (κ3) is 5.44. The zero-order chi connectivity index (χ0) is 18.4. The number of carbonyl (C=O) groups is 2. The summed E-state index contributed by atoms with van der Waals surface area (Å²) in [5.74, 6) is 0.550. The second kappa shape index (κ2) is 9.93. The molecule has 1 aliphatic rings. The SMILES string of the molecule is C=CCOc1c(I)cc(/C=C2/SC(=O)N(CCCOC)C2=O)cc1I. The highest BCUT2D eigenvalue weighted by Crippen LogP contribution is 2.34. The summed E-state index contributed by atoms with van der Waals surface area (Å²) < 4.78 is 12.5. The van der Waals surface area contributed by atoms with Crippen molar-refractivity contribution in [3.63, 3.8) is 0 Å². The van der Waals surface area contributed by atoms with Crippen LogP contribution in [0.15, 0.2) is 29.7 Å². The summed E-state index contributed by atoms with van der Waals surface area (Å²) in [5.41, 5.74) is 0.863. The van der Waals surface area contributed by atoms with Crippen LogP contribution in [0.4, 0.5) is 4.79 Å². The number of thioether (sulfide) groups is 1. The number of methoxy groups -OCH3 is 1. The molecule has 1 saturated heterocycles. The molecule has 0 atom stereocenters. The van der Waals surface area contributed by atoms with Gasteiger partial charge in [0.1, 0.15) is 12.4 Å². The molecular formula is C17H17I2NO4S. The van der Waals surface area contributed by atoms with Crippen molar-refractivity contribution in [1.29, 1.82) is 0 Å². The molecule has 0 aliphatic carbocycles. The molecule has 0 aromatic heterocycles. The highest BCUT2D eigenvalue weighted by atomic mass is 127. The topological polar surface area (TPSA) is 55.8 Å². The molecule has 1 aromatic rings. The molecule has 1 aliphatic heterocycles. The van der Waals surface area contributed by atoms with Crippen LogP contribution >= 0.6 is 56.9 Å². The number of rotatable bonds is 8. The summed E-state index contributed by atoms with van der Waals surface area (Å²) in [5, 5.41) is -0.234. The Balaban J connectivity index is 2.18. The molecule has 0 spiro atoms. The molecular weight excluding hydrogens is 568 g/mol. The Morgan fingerprint density at radius 1 is 1.28 bits per heavy atom. The maximum absolute atomic E-state index is 12.4. The lowest BCUT2D eigenvalue weighted by molar-refractivity contribution is -0.122. The number of nitrogens with zero attached hydrogens (tertiary/aromatic N) is 1. The van der Waals surface area contributed by atoms with Crippen molar-refractivity contribution in [3.05, 3.63) is 42.4 Å². The van der Waals surface area contributed by atoms with Crippen LogP contribution in [0.5, 0.6) is 5.75 Å². The van der Waals surface area contributed by atoms with Crippen LogP contribution in [-0.4, -0.2) is 42.9 Å². The van der Waals surface area contributed by atoms with Gasteiger partial charge in [0, 0.05) is 20.3 Å². The van der Waals surface area contributed by atoms with Crippen LogP contribution in [0.1, 0.15) is 12.0 Å². The Morgan fingerprint density at radius 3 is 2.56 bits per heavy atom. The van der Waals surface area contributed by atoms with Crippen LogP contribution < -0.4 is 4.74 Å². The fourth-order valence-electron chi connectivity index (χ4n) is 2.15. The van der Waals surface area contributed by atoms with Crippen LogP contribution in [0.3, 0.4) is 0 Å². The molecule has 1 heterocycles. The maximum atomic E-state index is 12.4. The van der Waals surface area contributed by atoms with Crippen molar-refractivity contribution in [1.82, 2.24) is 4.90 Å². The number of benzene rings is 1. The number of imide groups is 1. The van der Waals surface area contributed by atoms with Crippen molar-refractivity contribution in [2.75, 3.05) is 26.9 Å². The quantitative estimate of drug-likeness (QED) is 0.194. The minimum atomic E-state index is -0.247. The van der Waals surface area contributed by atoms with E-state index in [1.54, 1.807) is 19.3 Å². The van der Waals surface area contributed by atoms with Gasteiger partial charge in [-0.1, -0.05) is 12.7 Å². The molecule has 0 N–H and O–H groups in total. The number of carbonyl (C=O) groups excluding carboxylic acids is 2. The largest absolute Gasteiger partial charge is 0.487 e. The Bertz CT molecular complexity index is 698. The molecule has 134 valence electrons. The van der Waals surface area contributed by atoms with E-state index < -0.39 is 0 Å². The third-order valence-electron chi connectivity index (χ3n) is 3.27. The second-order valence-electron chi connectivity index (χ2n) is 5.09. The number of ether oxygens (including phenoxy) is 2.